The lowest BCUT2D eigenvalue weighted by Gasteiger charge is -2.02. The number of esters is 1. The van der Waals surface area contributed by atoms with Gasteiger partial charge in [-0.2, -0.15) is 0 Å². The Kier molecular flexibility index (Phi) is 2.82. The van der Waals surface area contributed by atoms with Crippen LogP contribution in [0.25, 0.3) is 10.9 Å². The van der Waals surface area contributed by atoms with Crippen molar-refractivity contribution < 1.29 is 9.53 Å². The van der Waals surface area contributed by atoms with E-state index in [0.29, 0.717) is 15.7 Å². The lowest BCUT2D eigenvalue weighted by molar-refractivity contribution is 0.0590. The van der Waals surface area contributed by atoms with E-state index < -0.39 is 5.97 Å². The first-order chi connectivity index (χ1) is 7.54. The van der Waals surface area contributed by atoms with E-state index in [-0.39, 0.29) is 0 Å². The normalized spacial score (nSPS) is 10.8. The molecule has 0 unspecified atom stereocenters. The SMILES string of the molecule is COC(=O)c1cc2c(Cl)cc(Cl)cc2n1C. The molecule has 0 aliphatic heterocycles. The minimum Gasteiger partial charge on any atom is -0.464 e. The van der Waals surface area contributed by atoms with Gasteiger partial charge in [0.05, 0.1) is 17.6 Å². The number of benzene rings is 1. The maximum absolute atomic E-state index is 11.5. The summed E-state index contributed by atoms with van der Waals surface area (Å²) in [6.07, 6.45) is 0. The molecule has 1 heterocycles. The van der Waals surface area contributed by atoms with Crippen molar-refractivity contribution in [2.75, 3.05) is 7.11 Å². The highest BCUT2D eigenvalue weighted by Crippen LogP contribution is 2.30. The predicted octanol–water partition coefficient (Wildman–Crippen LogP) is 3.27. The molecule has 1 aromatic heterocycles. The molecule has 0 amide bonds. The number of methoxy groups -OCH3 is 1. The lowest BCUT2D eigenvalue weighted by Crippen LogP contribution is -2.06. The summed E-state index contributed by atoms with van der Waals surface area (Å²) in [4.78, 5) is 11.5. The van der Waals surface area contributed by atoms with Crippen LogP contribution >= 0.6 is 23.2 Å². The molecule has 0 N–H and O–H groups in total. The molecular weight excluding hydrogens is 249 g/mol. The van der Waals surface area contributed by atoms with Gasteiger partial charge in [-0.25, -0.2) is 4.79 Å². The second-order valence-electron chi connectivity index (χ2n) is 3.40. The number of halogens is 2. The van der Waals surface area contributed by atoms with Gasteiger partial charge in [0, 0.05) is 17.5 Å². The maximum Gasteiger partial charge on any atom is 0.354 e. The van der Waals surface area contributed by atoms with Crippen LogP contribution in [0.4, 0.5) is 0 Å². The zero-order valence-electron chi connectivity index (χ0n) is 8.75. The molecule has 5 heteroatoms. The van der Waals surface area contributed by atoms with Crippen LogP contribution in [-0.4, -0.2) is 17.6 Å². The van der Waals surface area contributed by atoms with Crippen molar-refractivity contribution in [1.29, 1.82) is 0 Å². The highest BCUT2D eigenvalue weighted by molar-refractivity contribution is 6.38. The molecule has 2 rings (SSSR count). The predicted molar refractivity (Wildman–Crippen MR) is 64.3 cm³/mol. The van der Waals surface area contributed by atoms with Crippen LogP contribution in [-0.2, 0) is 11.8 Å². The van der Waals surface area contributed by atoms with Crippen molar-refractivity contribution in [2.24, 2.45) is 7.05 Å². The molecular formula is C11H9Cl2NO2. The lowest BCUT2D eigenvalue weighted by atomic mass is 10.2. The fraction of sp³-hybridized carbons (Fsp3) is 0.182. The Labute approximate surface area is 103 Å². The number of carbonyl (C=O) groups excluding carboxylic acids is 1. The standard InChI is InChI=1S/C11H9Cl2NO2/c1-14-9-4-6(12)3-8(13)7(9)5-10(14)11(15)16-2/h3-5H,1-2H3. The van der Waals surface area contributed by atoms with Gasteiger partial charge in [0.25, 0.3) is 0 Å². The largest absolute Gasteiger partial charge is 0.464 e. The number of rotatable bonds is 1. The van der Waals surface area contributed by atoms with E-state index in [2.05, 4.69) is 4.74 Å². The van der Waals surface area contributed by atoms with Crippen LogP contribution < -0.4 is 0 Å². The third kappa shape index (κ3) is 1.66. The van der Waals surface area contributed by atoms with E-state index in [1.165, 1.54) is 7.11 Å². The van der Waals surface area contributed by atoms with E-state index in [1.807, 2.05) is 0 Å². The number of aromatic nitrogens is 1. The van der Waals surface area contributed by atoms with Gasteiger partial charge in [-0.3, -0.25) is 0 Å². The van der Waals surface area contributed by atoms with Gasteiger partial charge in [0.15, 0.2) is 0 Å². The fourth-order valence-corrected chi connectivity index (χ4v) is 2.19. The molecule has 0 atom stereocenters. The first-order valence-electron chi connectivity index (χ1n) is 4.57. The summed E-state index contributed by atoms with van der Waals surface area (Å²) in [7, 11) is 3.11. The number of hydrogen-bond donors (Lipinski definition) is 0. The monoisotopic (exact) mass is 257 g/mol. The molecule has 1 aromatic carbocycles. The van der Waals surface area contributed by atoms with Gasteiger partial charge >= 0.3 is 5.97 Å². The molecule has 0 saturated heterocycles. The van der Waals surface area contributed by atoms with Crippen molar-refractivity contribution in [3.05, 3.63) is 33.9 Å². The van der Waals surface area contributed by atoms with Crippen molar-refractivity contribution in [3.63, 3.8) is 0 Å². The Hall–Kier alpha value is -1.19. The first-order valence-corrected chi connectivity index (χ1v) is 5.33. The average Bonchev–Trinajstić information content (AvgIpc) is 2.56. The third-order valence-electron chi connectivity index (χ3n) is 2.47. The number of carbonyl (C=O) groups is 1. The minimum absolute atomic E-state index is 0.397. The Morgan fingerprint density at radius 1 is 1.31 bits per heavy atom. The Bertz CT molecular complexity index is 575. The van der Waals surface area contributed by atoms with Gasteiger partial charge in [-0.15, -0.1) is 0 Å². The second-order valence-corrected chi connectivity index (χ2v) is 4.24. The molecule has 0 aliphatic rings. The molecule has 0 radical (unpaired) electrons. The van der Waals surface area contributed by atoms with Gasteiger partial charge in [0.2, 0.25) is 0 Å². The number of aryl methyl sites for hydroxylation is 1. The molecule has 0 bridgehead atoms. The van der Waals surface area contributed by atoms with E-state index in [9.17, 15) is 4.79 Å². The molecule has 16 heavy (non-hydrogen) atoms. The van der Waals surface area contributed by atoms with Crippen LogP contribution in [0.3, 0.4) is 0 Å². The number of hydrogen-bond acceptors (Lipinski definition) is 2. The van der Waals surface area contributed by atoms with E-state index in [0.717, 1.165) is 10.9 Å². The molecule has 3 nitrogen and oxygen atoms in total. The van der Waals surface area contributed by atoms with Gasteiger partial charge in [0.1, 0.15) is 5.69 Å². The number of fused-ring (bicyclic) bond motifs is 1. The van der Waals surface area contributed by atoms with Crippen LogP contribution in [0.1, 0.15) is 10.5 Å². The quantitative estimate of drug-likeness (QED) is 0.735. The van der Waals surface area contributed by atoms with E-state index in [1.54, 1.807) is 29.8 Å². The summed E-state index contributed by atoms with van der Waals surface area (Å²) in [5.41, 5.74) is 1.25. The molecule has 84 valence electrons. The molecule has 0 fully saturated rings. The van der Waals surface area contributed by atoms with Crippen molar-refractivity contribution in [2.45, 2.75) is 0 Å². The van der Waals surface area contributed by atoms with Crippen LogP contribution in [0.2, 0.25) is 10.0 Å². The highest BCUT2D eigenvalue weighted by Gasteiger charge is 2.15. The smallest absolute Gasteiger partial charge is 0.354 e. The molecule has 0 aliphatic carbocycles. The topological polar surface area (TPSA) is 31.2 Å². The maximum atomic E-state index is 11.5. The number of ether oxygens (including phenoxy) is 1. The van der Waals surface area contributed by atoms with Crippen molar-refractivity contribution in [3.8, 4) is 0 Å². The zero-order valence-corrected chi connectivity index (χ0v) is 10.3. The first kappa shape index (κ1) is 11.3. The summed E-state index contributed by atoms with van der Waals surface area (Å²) in [6, 6.07) is 5.10. The van der Waals surface area contributed by atoms with Crippen molar-refractivity contribution in [1.82, 2.24) is 4.57 Å². The Balaban J connectivity index is 2.77. The summed E-state index contributed by atoms with van der Waals surface area (Å²) >= 11 is 12.0. The summed E-state index contributed by atoms with van der Waals surface area (Å²) in [5, 5.41) is 1.84. The van der Waals surface area contributed by atoms with Gasteiger partial charge in [-0.05, 0) is 18.2 Å². The summed E-state index contributed by atoms with van der Waals surface area (Å²) < 4.78 is 6.39. The highest BCUT2D eigenvalue weighted by atomic mass is 35.5. The van der Waals surface area contributed by atoms with Gasteiger partial charge < -0.3 is 9.30 Å². The van der Waals surface area contributed by atoms with Crippen LogP contribution in [0.15, 0.2) is 18.2 Å². The van der Waals surface area contributed by atoms with E-state index in [4.69, 9.17) is 23.2 Å². The average molecular weight is 258 g/mol. The summed E-state index contributed by atoms with van der Waals surface area (Å²) in [5.74, 6) is -0.397. The van der Waals surface area contributed by atoms with Crippen LogP contribution in [0, 0.1) is 0 Å². The third-order valence-corrected chi connectivity index (χ3v) is 3.00. The Morgan fingerprint density at radius 2 is 2.00 bits per heavy atom. The number of nitrogens with zero attached hydrogens (tertiary/aromatic N) is 1. The van der Waals surface area contributed by atoms with E-state index >= 15 is 0 Å². The molecule has 0 spiro atoms. The Morgan fingerprint density at radius 3 is 2.62 bits per heavy atom. The molecule has 2 aromatic rings. The zero-order chi connectivity index (χ0) is 11.9. The second kappa shape index (κ2) is 4.00. The molecule has 0 saturated carbocycles. The minimum atomic E-state index is -0.397. The summed E-state index contributed by atoms with van der Waals surface area (Å²) in [6.45, 7) is 0. The van der Waals surface area contributed by atoms with Crippen LogP contribution in [0.5, 0.6) is 0 Å². The van der Waals surface area contributed by atoms with Crippen molar-refractivity contribution >= 4 is 40.1 Å². The fourth-order valence-electron chi connectivity index (χ4n) is 1.66. The van der Waals surface area contributed by atoms with Gasteiger partial charge in [-0.1, -0.05) is 23.2 Å².